The minimum absolute atomic E-state index is 0.0204. The lowest BCUT2D eigenvalue weighted by Gasteiger charge is -2.34. The number of hydrogen-bond donors (Lipinski definition) is 1. The van der Waals surface area contributed by atoms with Crippen LogP contribution in [0.5, 0.6) is 0 Å². The van der Waals surface area contributed by atoms with Gasteiger partial charge in [-0.1, -0.05) is 42.5 Å². The van der Waals surface area contributed by atoms with Gasteiger partial charge >= 0.3 is 0 Å². The van der Waals surface area contributed by atoms with Crippen LogP contribution in [-0.2, 0) is 11.3 Å². The van der Waals surface area contributed by atoms with Crippen molar-refractivity contribution in [3.63, 3.8) is 0 Å². The highest BCUT2D eigenvalue weighted by molar-refractivity contribution is 5.82. The second-order valence-electron chi connectivity index (χ2n) is 6.27. The number of anilines is 1. The van der Waals surface area contributed by atoms with Crippen molar-refractivity contribution in [2.24, 2.45) is 0 Å². The third kappa shape index (κ3) is 4.58. The molecule has 0 bridgehead atoms. The molecule has 26 heavy (non-hydrogen) atoms. The highest BCUT2D eigenvalue weighted by atomic mass is 16.6. The average molecular weight is 354 g/mol. The zero-order valence-electron chi connectivity index (χ0n) is 14.5. The summed E-state index contributed by atoms with van der Waals surface area (Å²) in [6.07, 6.45) is 0. The number of carbonyl (C=O) groups excluding carboxylic acids is 1. The third-order valence-corrected chi connectivity index (χ3v) is 4.50. The van der Waals surface area contributed by atoms with Crippen molar-refractivity contribution in [3.05, 3.63) is 70.3 Å². The fraction of sp³-hybridized carbons (Fsp3) is 0.316. The molecule has 1 heterocycles. The molecule has 1 N–H and O–H groups in total. The summed E-state index contributed by atoms with van der Waals surface area (Å²) >= 11 is 0. The largest absolute Gasteiger partial charge is 0.371 e. The van der Waals surface area contributed by atoms with Gasteiger partial charge in [-0.3, -0.25) is 19.8 Å². The second-order valence-corrected chi connectivity index (χ2v) is 6.27. The van der Waals surface area contributed by atoms with Crippen molar-refractivity contribution >= 4 is 17.3 Å². The Kier molecular flexibility index (Phi) is 5.80. The SMILES string of the molecule is O=C(CNc1ccccc1[N+](=O)[O-])N1CCN(Cc2ccccc2)CC1. The Morgan fingerprint density at radius 1 is 1.00 bits per heavy atom. The number of amides is 1. The first kappa shape index (κ1) is 17.9. The molecule has 7 heteroatoms. The van der Waals surface area contributed by atoms with Crippen molar-refractivity contribution in [2.75, 3.05) is 38.0 Å². The quantitative estimate of drug-likeness (QED) is 0.636. The number of carbonyl (C=O) groups is 1. The molecule has 1 aliphatic rings. The molecule has 136 valence electrons. The van der Waals surface area contributed by atoms with E-state index in [2.05, 4.69) is 22.3 Å². The lowest BCUT2D eigenvalue weighted by atomic mass is 10.2. The Hall–Kier alpha value is -2.93. The summed E-state index contributed by atoms with van der Waals surface area (Å²) in [7, 11) is 0. The van der Waals surface area contributed by atoms with Gasteiger partial charge in [0.15, 0.2) is 0 Å². The van der Waals surface area contributed by atoms with E-state index in [0.717, 1.165) is 19.6 Å². The number of benzene rings is 2. The molecule has 0 aliphatic carbocycles. The van der Waals surface area contributed by atoms with E-state index in [9.17, 15) is 14.9 Å². The van der Waals surface area contributed by atoms with Crippen LogP contribution in [-0.4, -0.2) is 53.4 Å². The maximum atomic E-state index is 12.4. The number of hydrogen-bond acceptors (Lipinski definition) is 5. The van der Waals surface area contributed by atoms with Crippen LogP contribution in [0.25, 0.3) is 0 Å². The van der Waals surface area contributed by atoms with Gasteiger partial charge < -0.3 is 10.2 Å². The first-order chi connectivity index (χ1) is 12.6. The number of nitrogens with zero attached hydrogens (tertiary/aromatic N) is 3. The highest BCUT2D eigenvalue weighted by Gasteiger charge is 2.21. The first-order valence-electron chi connectivity index (χ1n) is 8.65. The summed E-state index contributed by atoms with van der Waals surface area (Å²) in [6.45, 7) is 3.94. The number of nitro benzene ring substituents is 1. The minimum atomic E-state index is -0.449. The number of rotatable bonds is 6. The zero-order chi connectivity index (χ0) is 18.4. The van der Waals surface area contributed by atoms with Crippen LogP contribution in [0.4, 0.5) is 11.4 Å². The molecule has 0 aromatic heterocycles. The Balaban J connectivity index is 1.48. The summed E-state index contributed by atoms with van der Waals surface area (Å²) in [6, 6.07) is 16.6. The fourth-order valence-corrected chi connectivity index (χ4v) is 3.06. The summed E-state index contributed by atoms with van der Waals surface area (Å²) in [4.78, 5) is 27.1. The Morgan fingerprint density at radius 3 is 2.35 bits per heavy atom. The standard InChI is InChI=1S/C19H22N4O3/c24-19(14-20-17-8-4-5-9-18(17)23(25)26)22-12-10-21(11-13-22)15-16-6-2-1-3-7-16/h1-9,20H,10-15H2. The molecular formula is C19H22N4O3. The minimum Gasteiger partial charge on any atom is -0.371 e. The molecule has 0 atom stereocenters. The van der Waals surface area contributed by atoms with E-state index in [4.69, 9.17) is 0 Å². The summed E-state index contributed by atoms with van der Waals surface area (Å²) in [5.41, 5.74) is 1.62. The molecule has 0 saturated carbocycles. The van der Waals surface area contributed by atoms with Crippen molar-refractivity contribution < 1.29 is 9.72 Å². The van der Waals surface area contributed by atoms with Gasteiger partial charge in [0.1, 0.15) is 5.69 Å². The lowest BCUT2D eigenvalue weighted by Crippen LogP contribution is -2.49. The molecule has 2 aromatic carbocycles. The molecule has 3 rings (SSSR count). The predicted molar refractivity (Wildman–Crippen MR) is 99.9 cm³/mol. The van der Waals surface area contributed by atoms with Crippen molar-refractivity contribution in [2.45, 2.75) is 6.54 Å². The molecule has 1 amide bonds. The number of piperazine rings is 1. The Labute approximate surface area is 152 Å². The van der Waals surface area contributed by atoms with Crippen molar-refractivity contribution in [3.8, 4) is 0 Å². The molecule has 1 saturated heterocycles. The molecular weight excluding hydrogens is 332 g/mol. The van der Waals surface area contributed by atoms with Gasteiger partial charge in [0.05, 0.1) is 11.5 Å². The van der Waals surface area contributed by atoms with Crippen LogP contribution in [0.15, 0.2) is 54.6 Å². The van der Waals surface area contributed by atoms with E-state index >= 15 is 0 Å². The lowest BCUT2D eigenvalue weighted by molar-refractivity contribution is -0.383. The normalized spacial score (nSPS) is 14.8. The van der Waals surface area contributed by atoms with E-state index in [1.165, 1.54) is 11.6 Å². The van der Waals surface area contributed by atoms with Crippen LogP contribution in [0.3, 0.4) is 0 Å². The van der Waals surface area contributed by atoms with E-state index in [0.29, 0.717) is 18.8 Å². The van der Waals surface area contributed by atoms with Gasteiger partial charge in [0, 0.05) is 38.8 Å². The van der Waals surface area contributed by atoms with Gasteiger partial charge in [-0.15, -0.1) is 0 Å². The van der Waals surface area contributed by atoms with Gasteiger partial charge in [0.25, 0.3) is 5.69 Å². The van der Waals surface area contributed by atoms with E-state index in [1.54, 1.807) is 18.2 Å². The average Bonchev–Trinajstić information content (AvgIpc) is 2.67. The van der Waals surface area contributed by atoms with Gasteiger partial charge in [-0.05, 0) is 11.6 Å². The molecule has 1 aliphatic heterocycles. The Bertz CT molecular complexity index is 758. The third-order valence-electron chi connectivity index (χ3n) is 4.50. The fourth-order valence-electron chi connectivity index (χ4n) is 3.06. The topological polar surface area (TPSA) is 78.7 Å². The smallest absolute Gasteiger partial charge is 0.292 e. The maximum absolute atomic E-state index is 12.4. The summed E-state index contributed by atoms with van der Waals surface area (Å²) in [5.74, 6) is -0.0393. The van der Waals surface area contributed by atoms with Gasteiger partial charge in [0.2, 0.25) is 5.91 Å². The van der Waals surface area contributed by atoms with E-state index in [-0.39, 0.29) is 18.1 Å². The van der Waals surface area contributed by atoms with Crippen LogP contribution < -0.4 is 5.32 Å². The summed E-state index contributed by atoms with van der Waals surface area (Å²) in [5, 5.41) is 13.9. The highest BCUT2D eigenvalue weighted by Crippen LogP contribution is 2.22. The van der Waals surface area contributed by atoms with Crippen LogP contribution in [0.2, 0.25) is 0 Å². The number of para-hydroxylation sites is 2. The second kappa shape index (κ2) is 8.44. The first-order valence-corrected chi connectivity index (χ1v) is 8.65. The molecule has 1 fully saturated rings. The van der Waals surface area contributed by atoms with Crippen molar-refractivity contribution in [1.82, 2.24) is 9.80 Å². The van der Waals surface area contributed by atoms with Gasteiger partial charge in [-0.25, -0.2) is 0 Å². The van der Waals surface area contributed by atoms with Crippen LogP contribution in [0.1, 0.15) is 5.56 Å². The van der Waals surface area contributed by atoms with Crippen LogP contribution >= 0.6 is 0 Å². The maximum Gasteiger partial charge on any atom is 0.292 e. The summed E-state index contributed by atoms with van der Waals surface area (Å²) < 4.78 is 0. The molecule has 0 radical (unpaired) electrons. The molecule has 0 spiro atoms. The molecule has 2 aromatic rings. The van der Waals surface area contributed by atoms with E-state index in [1.807, 2.05) is 23.1 Å². The number of nitrogens with one attached hydrogen (secondary N) is 1. The van der Waals surface area contributed by atoms with Crippen molar-refractivity contribution in [1.29, 1.82) is 0 Å². The Morgan fingerprint density at radius 2 is 1.65 bits per heavy atom. The number of nitro groups is 1. The van der Waals surface area contributed by atoms with E-state index < -0.39 is 4.92 Å². The van der Waals surface area contributed by atoms with Gasteiger partial charge in [-0.2, -0.15) is 0 Å². The monoisotopic (exact) mass is 354 g/mol. The van der Waals surface area contributed by atoms with Crippen LogP contribution in [0, 0.1) is 10.1 Å². The molecule has 7 nitrogen and oxygen atoms in total. The predicted octanol–water partition coefficient (Wildman–Crippen LogP) is 2.35. The molecule has 0 unspecified atom stereocenters. The zero-order valence-corrected chi connectivity index (χ0v) is 14.5.